The van der Waals surface area contributed by atoms with Crippen LogP contribution in [0.1, 0.15) is 12.5 Å². The Hall–Kier alpha value is -2.14. The molecule has 0 aliphatic rings. The normalized spacial score (nSPS) is 12.2. The van der Waals surface area contributed by atoms with E-state index in [1.807, 2.05) is 43.6 Å². The first-order valence-electron chi connectivity index (χ1n) is 6.11. The Balaban J connectivity index is 2.20. The molecule has 1 aromatic heterocycles. The van der Waals surface area contributed by atoms with E-state index in [0.29, 0.717) is 6.54 Å². The van der Waals surface area contributed by atoms with E-state index in [2.05, 4.69) is 10.4 Å². The summed E-state index contributed by atoms with van der Waals surface area (Å²) in [6.07, 6.45) is 0.863. The molecule has 1 aromatic carbocycles. The van der Waals surface area contributed by atoms with E-state index in [1.165, 1.54) is 6.92 Å². The van der Waals surface area contributed by atoms with Crippen molar-refractivity contribution in [3.8, 4) is 11.3 Å². The first-order valence-corrected chi connectivity index (χ1v) is 6.11. The van der Waals surface area contributed by atoms with Crippen molar-refractivity contribution in [2.24, 2.45) is 7.05 Å². The Labute approximate surface area is 111 Å². The second-order valence-corrected chi connectivity index (χ2v) is 4.44. The number of benzene rings is 1. The molecule has 0 spiro atoms. The number of aromatic nitrogens is 2. The monoisotopic (exact) mass is 259 g/mol. The van der Waals surface area contributed by atoms with Crippen molar-refractivity contribution in [2.45, 2.75) is 19.6 Å². The molecule has 1 amide bonds. The Bertz CT molecular complexity index is 561. The molecule has 19 heavy (non-hydrogen) atoms. The highest BCUT2D eigenvalue weighted by Gasteiger charge is 2.13. The molecule has 2 aromatic rings. The molecular weight excluding hydrogens is 242 g/mol. The number of hydrogen-bond donors (Lipinski definition) is 2. The highest BCUT2D eigenvalue weighted by molar-refractivity contribution is 5.80. The van der Waals surface area contributed by atoms with Gasteiger partial charge in [0, 0.05) is 30.9 Å². The fourth-order valence-electron chi connectivity index (χ4n) is 1.84. The summed E-state index contributed by atoms with van der Waals surface area (Å²) < 4.78 is 1.71. The van der Waals surface area contributed by atoms with Crippen LogP contribution in [0.2, 0.25) is 0 Å². The van der Waals surface area contributed by atoms with Crippen LogP contribution >= 0.6 is 0 Å². The van der Waals surface area contributed by atoms with Crippen molar-refractivity contribution < 1.29 is 9.90 Å². The largest absolute Gasteiger partial charge is 0.384 e. The van der Waals surface area contributed by atoms with E-state index in [9.17, 15) is 4.79 Å². The molecule has 100 valence electrons. The van der Waals surface area contributed by atoms with E-state index in [0.717, 1.165) is 16.8 Å². The SMILES string of the molecule is CC(O)C(=O)NCc1cn(C)nc1-c1ccccc1. The van der Waals surface area contributed by atoms with Crippen LogP contribution in [0.15, 0.2) is 36.5 Å². The third-order valence-electron chi connectivity index (χ3n) is 2.78. The summed E-state index contributed by atoms with van der Waals surface area (Å²) in [6, 6.07) is 9.79. The van der Waals surface area contributed by atoms with Crippen LogP contribution in [-0.4, -0.2) is 26.9 Å². The first-order chi connectivity index (χ1) is 9.08. The molecule has 0 saturated heterocycles. The Morgan fingerprint density at radius 1 is 1.42 bits per heavy atom. The first kappa shape index (κ1) is 13.3. The lowest BCUT2D eigenvalue weighted by atomic mass is 10.1. The van der Waals surface area contributed by atoms with Gasteiger partial charge in [-0.05, 0) is 6.92 Å². The summed E-state index contributed by atoms with van der Waals surface area (Å²) in [5.74, 6) is -0.386. The van der Waals surface area contributed by atoms with Crippen molar-refractivity contribution >= 4 is 5.91 Å². The van der Waals surface area contributed by atoms with E-state index < -0.39 is 6.10 Å². The number of amides is 1. The highest BCUT2D eigenvalue weighted by Crippen LogP contribution is 2.21. The predicted octanol–water partition coefficient (Wildman–Crippen LogP) is 1.08. The van der Waals surface area contributed by atoms with Gasteiger partial charge in [-0.3, -0.25) is 9.48 Å². The molecule has 1 atom stereocenters. The van der Waals surface area contributed by atoms with Crippen molar-refractivity contribution in [1.29, 1.82) is 0 Å². The number of carbonyl (C=O) groups is 1. The Morgan fingerprint density at radius 3 is 2.74 bits per heavy atom. The van der Waals surface area contributed by atoms with E-state index in [4.69, 9.17) is 5.11 Å². The molecule has 1 heterocycles. The van der Waals surface area contributed by atoms with Gasteiger partial charge in [0.25, 0.3) is 0 Å². The van der Waals surface area contributed by atoms with Gasteiger partial charge in [0.05, 0.1) is 5.69 Å². The number of hydrogen-bond acceptors (Lipinski definition) is 3. The van der Waals surface area contributed by atoms with Gasteiger partial charge in [-0.1, -0.05) is 30.3 Å². The maximum atomic E-state index is 11.4. The molecule has 0 radical (unpaired) electrons. The van der Waals surface area contributed by atoms with Gasteiger partial charge in [-0.2, -0.15) is 5.10 Å². The van der Waals surface area contributed by atoms with E-state index in [-0.39, 0.29) is 5.91 Å². The maximum Gasteiger partial charge on any atom is 0.248 e. The van der Waals surface area contributed by atoms with Crippen LogP contribution < -0.4 is 5.32 Å². The Morgan fingerprint density at radius 2 is 2.11 bits per heavy atom. The molecule has 2 rings (SSSR count). The minimum absolute atomic E-state index is 0.349. The minimum Gasteiger partial charge on any atom is -0.384 e. The number of aliphatic hydroxyl groups excluding tert-OH is 1. The molecule has 0 bridgehead atoms. The average molecular weight is 259 g/mol. The van der Waals surface area contributed by atoms with Gasteiger partial charge in [-0.25, -0.2) is 0 Å². The van der Waals surface area contributed by atoms with Crippen LogP contribution in [-0.2, 0) is 18.4 Å². The summed E-state index contributed by atoms with van der Waals surface area (Å²) in [6.45, 7) is 1.79. The maximum absolute atomic E-state index is 11.4. The van der Waals surface area contributed by atoms with Crippen molar-refractivity contribution in [3.05, 3.63) is 42.1 Å². The molecule has 2 N–H and O–H groups in total. The summed E-state index contributed by atoms with van der Waals surface area (Å²) in [5, 5.41) is 16.2. The number of rotatable bonds is 4. The van der Waals surface area contributed by atoms with Gasteiger partial charge in [-0.15, -0.1) is 0 Å². The molecule has 0 aliphatic carbocycles. The van der Waals surface area contributed by atoms with Crippen LogP contribution in [0.25, 0.3) is 11.3 Å². The van der Waals surface area contributed by atoms with Crippen LogP contribution in [0, 0.1) is 0 Å². The predicted molar refractivity (Wildman–Crippen MR) is 72.2 cm³/mol. The number of aliphatic hydroxyl groups is 1. The molecule has 1 unspecified atom stereocenters. The van der Waals surface area contributed by atoms with Crippen LogP contribution in [0.5, 0.6) is 0 Å². The van der Waals surface area contributed by atoms with Crippen LogP contribution in [0.3, 0.4) is 0 Å². The van der Waals surface area contributed by atoms with Gasteiger partial charge in [0.15, 0.2) is 0 Å². The Kier molecular flexibility index (Phi) is 3.97. The number of nitrogens with zero attached hydrogens (tertiary/aromatic N) is 2. The topological polar surface area (TPSA) is 67.2 Å². The molecular formula is C14H17N3O2. The number of nitrogens with one attached hydrogen (secondary N) is 1. The van der Waals surface area contributed by atoms with Gasteiger partial charge < -0.3 is 10.4 Å². The highest BCUT2D eigenvalue weighted by atomic mass is 16.3. The minimum atomic E-state index is -1.00. The molecule has 0 aliphatic heterocycles. The van der Waals surface area contributed by atoms with Crippen molar-refractivity contribution in [1.82, 2.24) is 15.1 Å². The summed E-state index contributed by atoms with van der Waals surface area (Å²) in [4.78, 5) is 11.4. The van der Waals surface area contributed by atoms with Gasteiger partial charge >= 0.3 is 0 Å². The van der Waals surface area contributed by atoms with E-state index in [1.54, 1.807) is 4.68 Å². The summed E-state index contributed by atoms with van der Waals surface area (Å²) in [7, 11) is 1.84. The lowest BCUT2D eigenvalue weighted by Gasteiger charge is -2.07. The lowest BCUT2D eigenvalue weighted by molar-refractivity contribution is -0.128. The van der Waals surface area contributed by atoms with Gasteiger partial charge in [0.2, 0.25) is 5.91 Å². The second kappa shape index (κ2) is 5.67. The smallest absolute Gasteiger partial charge is 0.248 e. The fourth-order valence-corrected chi connectivity index (χ4v) is 1.84. The number of carbonyl (C=O) groups excluding carboxylic acids is 1. The van der Waals surface area contributed by atoms with Gasteiger partial charge in [0.1, 0.15) is 6.10 Å². The van der Waals surface area contributed by atoms with E-state index >= 15 is 0 Å². The molecule has 5 nitrogen and oxygen atoms in total. The quantitative estimate of drug-likeness (QED) is 0.863. The summed E-state index contributed by atoms with van der Waals surface area (Å²) in [5.41, 5.74) is 2.76. The lowest BCUT2D eigenvalue weighted by Crippen LogP contribution is -2.31. The second-order valence-electron chi connectivity index (χ2n) is 4.44. The zero-order chi connectivity index (χ0) is 13.8. The average Bonchev–Trinajstić information content (AvgIpc) is 2.78. The molecule has 5 heteroatoms. The summed E-state index contributed by atoms with van der Waals surface area (Å²) >= 11 is 0. The zero-order valence-electron chi connectivity index (χ0n) is 11.0. The van der Waals surface area contributed by atoms with Crippen LogP contribution in [0.4, 0.5) is 0 Å². The third kappa shape index (κ3) is 3.20. The zero-order valence-corrected chi connectivity index (χ0v) is 11.0. The fraction of sp³-hybridized carbons (Fsp3) is 0.286. The molecule has 0 saturated carbocycles. The number of aryl methyl sites for hydroxylation is 1. The van der Waals surface area contributed by atoms with Crippen molar-refractivity contribution in [3.63, 3.8) is 0 Å². The van der Waals surface area contributed by atoms with Crippen molar-refractivity contribution in [2.75, 3.05) is 0 Å². The molecule has 0 fully saturated rings. The standard InChI is InChI=1S/C14H17N3O2/c1-10(18)14(19)15-8-12-9-17(2)16-13(12)11-6-4-3-5-7-11/h3-7,9-10,18H,8H2,1-2H3,(H,15,19). The third-order valence-corrected chi connectivity index (χ3v) is 2.78.